The summed E-state index contributed by atoms with van der Waals surface area (Å²) < 4.78 is 4.96. The van der Waals surface area contributed by atoms with E-state index in [-0.39, 0.29) is 18.4 Å². The van der Waals surface area contributed by atoms with Crippen molar-refractivity contribution in [2.24, 2.45) is 0 Å². The maximum Gasteiger partial charge on any atom is 0.323 e. The first-order valence-corrected chi connectivity index (χ1v) is 9.39. The van der Waals surface area contributed by atoms with Crippen LogP contribution in [-0.4, -0.2) is 50.6 Å². The molecular formula is C22H27N3O3. The monoisotopic (exact) mass is 381 g/mol. The molecule has 28 heavy (non-hydrogen) atoms. The fourth-order valence-corrected chi connectivity index (χ4v) is 3.46. The zero-order chi connectivity index (χ0) is 20.1. The van der Waals surface area contributed by atoms with Crippen molar-refractivity contribution in [1.29, 1.82) is 0 Å². The number of fused-ring (bicyclic) bond motifs is 1. The van der Waals surface area contributed by atoms with Gasteiger partial charge in [0, 0.05) is 32.9 Å². The van der Waals surface area contributed by atoms with Gasteiger partial charge in [-0.15, -0.1) is 0 Å². The van der Waals surface area contributed by atoms with Gasteiger partial charge < -0.3 is 15.0 Å². The highest BCUT2D eigenvalue weighted by Crippen LogP contribution is 2.23. The number of nitrogens with one attached hydrogen (secondary N) is 1. The van der Waals surface area contributed by atoms with Crippen molar-refractivity contribution >= 4 is 17.6 Å². The average Bonchev–Trinajstić information content (AvgIpc) is 2.71. The van der Waals surface area contributed by atoms with Gasteiger partial charge in [-0.05, 0) is 35.2 Å². The van der Waals surface area contributed by atoms with Gasteiger partial charge in [0.05, 0.1) is 13.7 Å². The molecule has 2 aromatic carbocycles. The lowest BCUT2D eigenvalue weighted by Crippen LogP contribution is -2.49. The van der Waals surface area contributed by atoms with Crippen molar-refractivity contribution in [3.05, 3.63) is 65.2 Å². The van der Waals surface area contributed by atoms with E-state index < -0.39 is 6.04 Å². The topological polar surface area (TPSA) is 61.9 Å². The second-order valence-corrected chi connectivity index (χ2v) is 7.25. The highest BCUT2D eigenvalue weighted by atomic mass is 16.5. The fraction of sp³-hybridized carbons (Fsp3) is 0.364. The number of hydrogen-bond acceptors (Lipinski definition) is 5. The molecule has 0 saturated heterocycles. The zero-order valence-electron chi connectivity index (χ0n) is 16.6. The Morgan fingerprint density at radius 2 is 1.79 bits per heavy atom. The lowest BCUT2D eigenvalue weighted by molar-refractivity contribution is -0.148. The molecule has 1 amide bonds. The number of anilines is 1. The number of hydrogen-bond donors (Lipinski definition) is 1. The smallest absolute Gasteiger partial charge is 0.323 e. The standard InChI is InChI=1S/C22H27N3O3/c1-24(2)19-10-8-16(9-11-19)13-23-21(26)15-25-14-18-7-5-4-6-17(18)12-20(25)22(27)28-3/h4-11,20H,12-15H2,1-3H3,(H,23,26)/t20-/m0/s1. The van der Waals surface area contributed by atoms with E-state index in [0.717, 1.165) is 22.4 Å². The van der Waals surface area contributed by atoms with E-state index in [4.69, 9.17) is 4.74 Å². The molecule has 3 rings (SSSR count). The van der Waals surface area contributed by atoms with E-state index in [1.165, 1.54) is 7.11 Å². The second kappa shape index (κ2) is 8.89. The van der Waals surface area contributed by atoms with Crippen molar-refractivity contribution in [3.63, 3.8) is 0 Å². The minimum absolute atomic E-state index is 0.107. The van der Waals surface area contributed by atoms with E-state index in [2.05, 4.69) is 5.32 Å². The first-order chi connectivity index (χ1) is 13.5. The summed E-state index contributed by atoms with van der Waals surface area (Å²) in [6.45, 7) is 1.17. The Bertz CT molecular complexity index is 833. The SMILES string of the molecule is COC(=O)[C@@H]1Cc2ccccc2CN1CC(=O)NCc1ccc(N(C)C)cc1. The molecule has 6 nitrogen and oxygen atoms in total. The molecule has 0 spiro atoms. The van der Waals surface area contributed by atoms with Gasteiger partial charge in [-0.2, -0.15) is 0 Å². The van der Waals surface area contributed by atoms with Crippen LogP contribution in [0.25, 0.3) is 0 Å². The van der Waals surface area contributed by atoms with Crippen molar-refractivity contribution in [2.75, 3.05) is 32.6 Å². The molecular weight excluding hydrogens is 354 g/mol. The normalized spacial score (nSPS) is 16.2. The Morgan fingerprint density at radius 3 is 2.43 bits per heavy atom. The van der Waals surface area contributed by atoms with Crippen LogP contribution in [0.4, 0.5) is 5.69 Å². The summed E-state index contributed by atoms with van der Waals surface area (Å²) in [4.78, 5) is 28.7. The Hall–Kier alpha value is -2.86. The molecule has 0 fully saturated rings. The van der Waals surface area contributed by atoms with E-state index in [1.807, 2.05) is 72.4 Å². The van der Waals surface area contributed by atoms with Gasteiger partial charge in [0.15, 0.2) is 0 Å². The Balaban J connectivity index is 1.62. The molecule has 1 atom stereocenters. The van der Waals surface area contributed by atoms with Gasteiger partial charge in [0.25, 0.3) is 0 Å². The number of esters is 1. The molecule has 1 aliphatic heterocycles. The summed E-state index contributed by atoms with van der Waals surface area (Å²) in [7, 11) is 5.37. The lowest BCUT2D eigenvalue weighted by atomic mass is 9.94. The Morgan fingerprint density at radius 1 is 1.11 bits per heavy atom. The number of carbonyl (C=O) groups excluding carboxylic acids is 2. The number of carbonyl (C=O) groups is 2. The van der Waals surface area contributed by atoms with Gasteiger partial charge in [-0.1, -0.05) is 36.4 Å². The number of amides is 1. The summed E-state index contributed by atoms with van der Waals surface area (Å²) in [5, 5.41) is 2.95. The highest BCUT2D eigenvalue weighted by molar-refractivity contribution is 5.81. The molecule has 6 heteroatoms. The van der Waals surface area contributed by atoms with Crippen LogP contribution in [0.5, 0.6) is 0 Å². The van der Waals surface area contributed by atoms with Crippen molar-refractivity contribution in [1.82, 2.24) is 10.2 Å². The molecule has 1 heterocycles. The van der Waals surface area contributed by atoms with Gasteiger partial charge in [-0.3, -0.25) is 14.5 Å². The van der Waals surface area contributed by atoms with Crippen molar-refractivity contribution in [2.45, 2.75) is 25.6 Å². The van der Waals surface area contributed by atoms with E-state index in [1.54, 1.807) is 0 Å². The predicted molar refractivity (Wildman–Crippen MR) is 109 cm³/mol. The minimum Gasteiger partial charge on any atom is -0.468 e. The van der Waals surface area contributed by atoms with Crippen LogP contribution in [0.2, 0.25) is 0 Å². The third-order valence-electron chi connectivity index (χ3n) is 5.11. The molecule has 0 aliphatic carbocycles. The van der Waals surface area contributed by atoms with Crippen LogP contribution >= 0.6 is 0 Å². The van der Waals surface area contributed by atoms with Crippen LogP contribution < -0.4 is 10.2 Å². The molecule has 0 aromatic heterocycles. The second-order valence-electron chi connectivity index (χ2n) is 7.25. The average molecular weight is 381 g/mol. The molecule has 0 saturated carbocycles. The Labute approximate surface area is 166 Å². The molecule has 0 radical (unpaired) electrons. The van der Waals surface area contributed by atoms with Crippen LogP contribution in [0.15, 0.2) is 48.5 Å². The number of methoxy groups -OCH3 is 1. The summed E-state index contributed by atoms with van der Waals surface area (Å²) >= 11 is 0. The molecule has 0 unspecified atom stereocenters. The van der Waals surface area contributed by atoms with E-state index in [0.29, 0.717) is 19.5 Å². The van der Waals surface area contributed by atoms with Gasteiger partial charge in [-0.25, -0.2) is 0 Å². The van der Waals surface area contributed by atoms with Gasteiger partial charge >= 0.3 is 5.97 Å². The van der Waals surface area contributed by atoms with Crippen LogP contribution in [0.1, 0.15) is 16.7 Å². The minimum atomic E-state index is -0.440. The number of benzene rings is 2. The van der Waals surface area contributed by atoms with Crippen LogP contribution in [0, 0.1) is 0 Å². The lowest BCUT2D eigenvalue weighted by Gasteiger charge is -2.34. The molecule has 1 N–H and O–H groups in total. The van der Waals surface area contributed by atoms with Crippen LogP contribution in [0.3, 0.4) is 0 Å². The summed E-state index contributed by atoms with van der Waals surface area (Å²) in [6, 6.07) is 15.6. The highest BCUT2D eigenvalue weighted by Gasteiger charge is 2.33. The summed E-state index contributed by atoms with van der Waals surface area (Å²) in [5.41, 5.74) is 4.43. The predicted octanol–water partition coefficient (Wildman–Crippen LogP) is 1.97. The number of ether oxygens (including phenoxy) is 1. The van der Waals surface area contributed by atoms with E-state index in [9.17, 15) is 9.59 Å². The largest absolute Gasteiger partial charge is 0.468 e. The third-order valence-corrected chi connectivity index (χ3v) is 5.11. The first-order valence-electron chi connectivity index (χ1n) is 9.39. The quantitative estimate of drug-likeness (QED) is 0.776. The number of rotatable bonds is 6. The van der Waals surface area contributed by atoms with Crippen molar-refractivity contribution < 1.29 is 14.3 Å². The zero-order valence-corrected chi connectivity index (χ0v) is 16.6. The fourth-order valence-electron chi connectivity index (χ4n) is 3.46. The van der Waals surface area contributed by atoms with Crippen LogP contribution in [-0.2, 0) is 33.8 Å². The summed E-state index contributed by atoms with van der Waals surface area (Å²) in [6.07, 6.45) is 0.558. The third kappa shape index (κ3) is 4.70. The molecule has 148 valence electrons. The van der Waals surface area contributed by atoms with Crippen molar-refractivity contribution in [3.8, 4) is 0 Å². The molecule has 2 aromatic rings. The van der Waals surface area contributed by atoms with E-state index >= 15 is 0 Å². The molecule has 0 bridgehead atoms. The van der Waals surface area contributed by atoms with Gasteiger partial charge in [0.2, 0.25) is 5.91 Å². The van der Waals surface area contributed by atoms with Gasteiger partial charge in [0.1, 0.15) is 6.04 Å². The number of nitrogens with zero attached hydrogens (tertiary/aromatic N) is 2. The summed E-state index contributed by atoms with van der Waals surface area (Å²) in [5.74, 6) is -0.411. The first kappa shape index (κ1) is 19.9. The maximum atomic E-state index is 12.5. The maximum absolute atomic E-state index is 12.5. The molecule has 1 aliphatic rings. The Kier molecular flexibility index (Phi) is 6.31.